The van der Waals surface area contributed by atoms with Crippen molar-refractivity contribution in [3.8, 4) is 5.75 Å². The first-order chi connectivity index (χ1) is 11.7. The van der Waals surface area contributed by atoms with E-state index in [2.05, 4.69) is 10.2 Å². The molecule has 0 unspecified atom stereocenters. The number of piperazine rings is 1. The summed E-state index contributed by atoms with van der Waals surface area (Å²) in [5.74, 6) is 0.927. The molecule has 0 amide bonds. The molecule has 1 aliphatic carbocycles. The average molecular weight is 406 g/mol. The third-order valence-electron chi connectivity index (χ3n) is 5.38. The molecule has 8 heteroatoms. The molecule has 148 valence electrons. The fourth-order valence-electron chi connectivity index (χ4n) is 4.22. The lowest BCUT2D eigenvalue weighted by Gasteiger charge is -2.41. The molecule has 1 aromatic rings. The van der Waals surface area contributed by atoms with Crippen LogP contribution in [0, 0.1) is 16.0 Å². The zero-order chi connectivity index (χ0) is 16.9. The standard InChI is InChI=1S/C18H27N3O3.2ClH/c1-24-17-8-7-15(13-16(17)21(22)23)18(14-5-3-2-4-6-14)20-11-9-19-10-12-20;;/h7-8,13-14,18-19H,2-6,9-12H2,1H3;2*1H/t18-;;/m1../s1. The first kappa shape index (κ1) is 23.0. The molecule has 0 spiro atoms. The third-order valence-corrected chi connectivity index (χ3v) is 5.38. The van der Waals surface area contributed by atoms with Crippen molar-refractivity contribution in [3.63, 3.8) is 0 Å². The van der Waals surface area contributed by atoms with Gasteiger partial charge in [0.2, 0.25) is 0 Å². The summed E-state index contributed by atoms with van der Waals surface area (Å²) in [6.07, 6.45) is 6.29. The van der Waals surface area contributed by atoms with Gasteiger partial charge in [0, 0.05) is 38.3 Å². The molecule has 1 saturated heterocycles. The van der Waals surface area contributed by atoms with Gasteiger partial charge in [-0.05, 0) is 30.4 Å². The number of halogens is 2. The number of nitrogens with one attached hydrogen (secondary N) is 1. The quantitative estimate of drug-likeness (QED) is 0.592. The SMILES string of the molecule is COc1ccc([C@@H](C2CCCCC2)N2CCNCC2)cc1[N+](=O)[O-].Cl.Cl. The van der Waals surface area contributed by atoms with Crippen LogP contribution in [0.2, 0.25) is 0 Å². The maximum Gasteiger partial charge on any atom is 0.311 e. The molecule has 1 atom stereocenters. The first-order valence-corrected chi connectivity index (χ1v) is 8.98. The maximum absolute atomic E-state index is 11.4. The Labute approximate surface area is 167 Å². The van der Waals surface area contributed by atoms with Gasteiger partial charge in [-0.1, -0.05) is 25.3 Å². The number of rotatable bonds is 5. The number of ether oxygens (including phenoxy) is 1. The van der Waals surface area contributed by atoms with Crippen LogP contribution in [0.4, 0.5) is 5.69 Å². The second-order valence-corrected chi connectivity index (χ2v) is 6.82. The highest BCUT2D eigenvalue weighted by Crippen LogP contribution is 2.40. The highest BCUT2D eigenvalue weighted by molar-refractivity contribution is 5.85. The van der Waals surface area contributed by atoms with Crippen LogP contribution in [0.5, 0.6) is 5.75 Å². The summed E-state index contributed by atoms with van der Waals surface area (Å²) in [6, 6.07) is 5.79. The number of nitro benzene ring substituents is 1. The Morgan fingerprint density at radius 2 is 1.85 bits per heavy atom. The van der Waals surface area contributed by atoms with Crippen LogP contribution in [0.3, 0.4) is 0 Å². The van der Waals surface area contributed by atoms with Gasteiger partial charge in [0.25, 0.3) is 0 Å². The van der Waals surface area contributed by atoms with E-state index in [1.807, 2.05) is 6.07 Å². The van der Waals surface area contributed by atoms with Crippen molar-refractivity contribution >= 4 is 30.5 Å². The maximum atomic E-state index is 11.4. The van der Waals surface area contributed by atoms with Gasteiger partial charge in [0.1, 0.15) is 0 Å². The molecule has 2 aliphatic rings. The Balaban J connectivity index is 0.00000169. The summed E-state index contributed by atoms with van der Waals surface area (Å²) in [7, 11) is 1.48. The van der Waals surface area contributed by atoms with E-state index < -0.39 is 0 Å². The molecule has 1 aromatic carbocycles. The van der Waals surface area contributed by atoms with E-state index in [-0.39, 0.29) is 41.5 Å². The molecule has 3 rings (SSSR count). The molecule has 1 N–H and O–H groups in total. The van der Waals surface area contributed by atoms with Crippen LogP contribution in [0.15, 0.2) is 18.2 Å². The lowest BCUT2D eigenvalue weighted by atomic mass is 9.80. The fraction of sp³-hybridized carbons (Fsp3) is 0.667. The zero-order valence-corrected chi connectivity index (χ0v) is 16.8. The number of nitrogens with zero attached hydrogens (tertiary/aromatic N) is 2. The molecule has 0 bridgehead atoms. The molecular weight excluding hydrogens is 377 g/mol. The van der Waals surface area contributed by atoms with Crippen molar-refractivity contribution < 1.29 is 9.66 Å². The van der Waals surface area contributed by atoms with E-state index in [0.29, 0.717) is 11.7 Å². The summed E-state index contributed by atoms with van der Waals surface area (Å²) in [5.41, 5.74) is 1.14. The summed E-state index contributed by atoms with van der Waals surface area (Å²) in [6.45, 7) is 3.98. The highest BCUT2D eigenvalue weighted by atomic mass is 35.5. The molecule has 1 saturated carbocycles. The number of hydrogen-bond donors (Lipinski definition) is 1. The van der Waals surface area contributed by atoms with Gasteiger partial charge in [-0.15, -0.1) is 24.8 Å². The lowest BCUT2D eigenvalue weighted by Crippen LogP contribution is -2.47. The normalized spacial score (nSPS) is 19.7. The Bertz CT molecular complexity index is 559. The predicted octanol–water partition coefficient (Wildman–Crippen LogP) is 3.97. The fourth-order valence-corrected chi connectivity index (χ4v) is 4.22. The van der Waals surface area contributed by atoms with E-state index in [9.17, 15) is 10.1 Å². The Morgan fingerprint density at radius 1 is 1.19 bits per heavy atom. The summed E-state index contributed by atoms with van der Waals surface area (Å²) in [4.78, 5) is 13.6. The van der Waals surface area contributed by atoms with E-state index >= 15 is 0 Å². The van der Waals surface area contributed by atoms with Crippen molar-refractivity contribution in [2.75, 3.05) is 33.3 Å². The largest absolute Gasteiger partial charge is 0.490 e. The van der Waals surface area contributed by atoms with Gasteiger partial charge in [-0.3, -0.25) is 15.0 Å². The van der Waals surface area contributed by atoms with Crippen molar-refractivity contribution in [3.05, 3.63) is 33.9 Å². The molecule has 0 radical (unpaired) electrons. The molecule has 1 heterocycles. The molecule has 6 nitrogen and oxygen atoms in total. The first-order valence-electron chi connectivity index (χ1n) is 8.98. The smallest absolute Gasteiger partial charge is 0.311 e. The molecule has 26 heavy (non-hydrogen) atoms. The van der Waals surface area contributed by atoms with Gasteiger partial charge >= 0.3 is 5.69 Å². The minimum absolute atomic E-state index is 0. The Morgan fingerprint density at radius 3 is 2.42 bits per heavy atom. The second kappa shape index (κ2) is 10.9. The molecule has 0 aromatic heterocycles. The van der Waals surface area contributed by atoms with Crippen LogP contribution < -0.4 is 10.1 Å². The highest BCUT2D eigenvalue weighted by Gasteiger charge is 2.32. The minimum atomic E-state index is -0.335. The van der Waals surface area contributed by atoms with E-state index in [1.165, 1.54) is 39.2 Å². The van der Waals surface area contributed by atoms with Gasteiger partial charge in [-0.2, -0.15) is 0 Å². The Hall–Kier alpha value is -1.08. The predicted molar refractivity (Wildman–Crippen MR) is 108 cm³/mol. The monoisotopic (exact) mass is 405 g/mol. The number of benzene rings is 1. The van der Waals surface area contributed by atoms with E-state index in [1.54, 1.807) is 12.1 Å². The van der Waals surface area contributed by atoms with Gasteiger partial charge in [-0.25, -0.2) is 0 Å². The number of methoxy groups -OCH3 is 1. The van der Waals surface area contributed by atoms with Crippen molar-refractivity contribution in [2.24, 2.45) is 5.92 Å². The van der Waals surface area contributed by atoms with E-state index in [0.717, 1.165) is 31.7 Å². The van der Waals surface area contributed by atoms with Crippen LogP contribution in [0.25, 0.3) is 0 Å². The summed E-state index contributed by atoms with van der Waals surface area (Å²) in [5, 5.41) is 14.8. The second-order valence-electron chi connectivity index (χ2n) is 6.82. The van der Waals surface area contributed by atoms with Gasteiger partial charge in [0.15, 0.2) is 5.75 Å². The van der Waals surface area contributed by atoms with Gasteiger partial charge < -0.3 is 10.1 Å². The summed E-state index contributed by atoms with van der Waals surface area (Å²) < 4.78 is 5.17. The van der Waals surface area contributed by atoms with Crippen LogP contribution in [-0.4, -0.2) is 43.1 Å². The van der Waals surface area contributed by atoms with E-state index in [4.69, 9.17) is 4.74 Å². The van der Waals surface area contributed by atoms with Crippen LogP contribution in [-0.2, 0) is 0 Å². The molecule has 1 aliphatic heterocycles. The third kappa shape index (κ3) is 5.22. The number of hydrogen-bond acceptors (Lipinski definition) is 5. The summed E-state index contributed by atoms with van der Waals surface area (Å²) >= 11 is 0. The number of nitro groups is 1. The molecular formula is C18H29Cl2N3O3. The van der Waals surface area contributed by atoms with Crippen molar-refractivity contribution in [1.82, 2.24) is 10.2 Å². The lowest BCUT2D eigenvalue weighted by molar-refractivity contribution is -0.385. The topological polar surface area (TPSA) is 67.6 Å². The molecule has 2 fully saturated rings. The van der Waals surface area contributed by atoms with Crippen molar-refractivity contribution in [2.45, 2.75) is 38.1 Å². The van der Waals surface area contributed by atoms with Crippen LogP contribution >= 0.6 is 24.8 Å². The van der Waals surface area contributed by atoms with Gasteiger partial charge in [0.05, 0.1) is 12.0 Å². The average Bonchev–Trinajstić information content (AvgIpc) is 2.63. The zero-order valence-electron chi connectivity index (χ0n) is 15.2. The van der Waals surface area contributed by atoms with Crippen LogP contribution in [0.1, 0.15) is 43.7 Å². The van der Waals surface area contributed by atoms with Crippen molar-refractivity contribution in [1.29, 1.82) is 0 Å². The minimum Gasteiger partial charge on any atom is -0.490 e. The Kier molecular flexibility index (Phi) is 9.64.